The number of ether oxygens (including phenoxy) is 1. The molecule has 0 atom stereocenters. The average molecular weight is 268 g/mol. The topological polar surface area (TPSA) is 45.0 Å². The molecule has 1 fully saturated rings. The quantitative estimate of drug-likeness (QED) is 0.892. The van der Waals surface area contributed by atoms with E-state index in [9.17, 15) is 0 Å². The Bertz CT molecular complexity index is 535. The minimum absolute atomic E-state index is 0.144. The number of rotatable bonds is 5. The number of hydrogen-bond acceptors (Lipinski definition) is 3. The van der Waals surface area contributed by atoms with Crippen LogP contribution in [-0.4, -0.2) is 19.7 Å². The summed E-state index contributed by atoms with van der Waals surface area (Å²) in [7, 11) is 0. The van der Waals surface area contributed by atoms with Gasteiger partial charge in [-0.05, 0) is 49.1 Å². The van der Waals surface area contributed by atoms with E-state index in [1.807, 2.05) is 12.1 Å². The normalized spacial score (nSPS) is 19.9. The number of benzene rings is 1. The molecule has 0 spiro atoms. The maximum absolute atomic E-state index is 8.80. The van der Waals surface area contributed by atoms with Crippen molar-refractivity contribution in [1.82, 2.24) is 5.32 Å². The van der Waals surface area contributed by atoms with E-state index in [0.717, 1.165) is 38.1 Å². The number of nitrogens with one attached hydrogen (secondary N) is 1. The molecule has 20 heavy (non-hydrogen) atoms. The second kappa shape index (κ2) is 5.68. The Morgan fingerprint density at radius 1 is 1.25 bits per heavy atom. The summed E-state index contributed by atoms with van der Waals surface area (Å²) in [6.07, 6.45) is 6.21. The number of hydrogen-bond donors (Lipinski definition) is 1. The van der Waals surface area contributed by atoms with Gasteiger partial charge in [0.2, 0.25) is 0 Å². The van der Waals surface area contributed by atoms with Crippen LogP contribution in [0, 0.1) is 16.7 Å². The fourth-order valence-electron chi connectivity index (χ4n) is 2.60. The SMILES string of the molecule is N#CCC1(COc2ccc(C3=CCNCC3)cc2)CC1. The standard InChI is InChI=1S/C17H20N2O/c18-10-9-17(7-8-17)13-20-16-3-1-14(2-4-16)15-5-11-19-12-6-15/h1-5,19H,6-9,11-13H2. The molecule has 1 aliphatic carbocycles. The molecule has 0 saturated heterocycles. The van der Waals surface area contributed by atoms with Crippen LogP contribution in [0.4, 0.5) is 0 Å². The predicted molar refractivity (Wildman–Crippen MR) is 79.3 cm³/mol. The molecule has 0 bridgehead atoms. The van der Waals surface area contributed by atoms with Gasteiger partial charge in [-0.25, -0.2) is 0 Å². The molecular formula is C17H20N2O. The van der Waals surface area contributed by atoms with Crippen LogP contribution in [0.2, 0.25) is 0 Å². The first-order valence-corrected chi connectivity index (χ1v) is 7.31. The Morgan fingerprint density at radius 3 is 2.65 bits per heavy atom. The van der Waals surface area contributed by atoms with Gasteiger partial charge in [-0.3, -0.25) is 0 Å². The van der Waals surface area contributed by atoms with Crippen LogP contribution >= 0.6 is 0 Å². The Hall–Kier alpha value is -1.79. The van der Waals surface area contributed by atoms with E-state index in [0.29, 0.717) is 13.0 Å². The summed E-state index contributed by atoms with van der Waals surface area (Å²) in [6, 6.07) is 10.6. The zero-order valence-corrected chi connectivity index (χ0v) is 11.7. The van der Waals surface area contributed by atoms with Crippen molar-refractivity contribution in [2.75, 3.05) is 19.7 Å². The van der Waals surface area contributed by atoms with Crippen molar-refractivity contribution in [3.63, 3.8) is 0 Å². The molecule has 1 saturated carbocycles. The molecule has 3 nitrogen and oxygen atoms in total. The summed E-state index contributed by atoms with van der Waals surface area (Å²) in [5.41, 5.74) is 2.85. The first kappa shape index (κ1) is 13.2. The molecule has 1 aliphatic heterocycles. The lowest BCUT2D eigenvalue weighted by atomic mass is 10.0. The van der Waals surface area contributed by atoms with Gasteiger partial charge in [0.1, 0.15) is 5.75 Å². The number of nitrogens with zero attached hydrogens (tertiary/aromatic N) is 1. The average Bonchev–Trinajstić information content (AvgIpc) is 3.27. The Labute approximate surface area is 120 Å². The Morgan fingerprint density at radius 2 is 2.05 bits per heavy atom. The largest absolute Gasteiger partial charge is 0.493 e. The molecule has 0 unspecified atom stereocenters. The molecule has 1 heterocycles. The first-order valence-electron chi connectivity index (χ1n) is 7.31. The predicted octanol–water partition coefficient (Wildman–Crippen LogP) is 3.14. The van der Waals surface area contributed by atoms with Gasteiger partial charge in [-0.1, -0.05) is 18.2 Å². The minimum Gasteiger partial charge on any atom is -0.493 e. The maximum atomic E-state index is 8.80. The van der Waals surface area contributed by atoms with Crippen molar-refractivity contribution < 1.29 is 4.74 Å². The van der Waals surface area contributed by atoms with Gasteiger partial charge in [-0.15, -0.1) is 0 Å². The minimum atomic E-state index is 0.144. The lowest BCUT2D eigenvalue weighted by Gasteiger charge is -2.16. The molecular weight excluding hydrogens is 248 g/mol. The summed E-state index contributed by atoms with van der Waals surface area (Å²) in [5, 5.41) is 12.1. The van der Waals surface area contributed by atoms with Crippen LogP contribution in [0.25, 0.3) is 5.57 Å². The van der Waals surface area contributed by atoms with Gasteiger partial charge in [-0.2, -0.15) is 5.26 Å². The molecule has 1 aromatic rings. The molecule has 104 valence electrons. The van der Waals surface area contributed by atoms with Gasteiger partial charge >= 0.3 is 0 Å². The van der Waals surface area contributed by atoms with Crippen molar-refractivity contribution >= 4 is 5.57 Å². The zero-order valence-electron chi connectivity index (χ0n) is 11.7. The zero-order chi connectivity index (χ0) is 13.8. The molecule has 0 radical (unpaired) electrons. The smallest absolute Gasteiger partial charge is 0.119 e. The first-order chi connectivity index (χ1) is 9.81. The third kappa shape index (κ3) is 3.02. The van der Waals surface area contributed by atoms with E-state index in [1.54, 1.807) is 0 Å². The van der Waals surface area contributed by atoms with Crippen molar-refractivity contribution in [3.05, 3.63) is 35.9 Å². The van der Waals surface area contributed by atoms with Crippen molar-refractivity contribution in [2.45, 2.75) is 25.7 Å². The van der Waals surface area contributed by atoms with Crippen molar-refractivity contribution in [3.8, 4) is 11.8 Å². The van der Waals surface area contributed by atoms with Crippen molar-refractivity contribution in [1.29, 1.82) is 5.26 Å². The third-order valence-corrected chi connectivity index (χ3v) is 4.25. The second-order valence-corrected chi connectivity index (χ2v) is 5.83. The molecule has 1 aromatic carbocycles. The summed E-state index contributed by atoms with van der Waals surface area (Å²) in [6.45, 7) is 2.69. The van der Waals surface area contributed by atoms with Gasteiger partial charge in [0.15, 0.2) is 0 Å². The molecule has 2 aliphatic rings. The monoisotopic (exact) mass is 268 g/mol. The van der Waals surface area contributed by atoms with Crippen molar-refractivity contribution in [2.24, 2.45) is 5.41 Å². The van der Waals surface area contributed by atoms with E-state index in [1.165, 1.54) is 11.1 Å². The van der Waals surface area contributed by atoms with E-state index in [4.69, 9.17) is 10.00 Å². The lowest BCUT2D eigenvalue weighted by molar-refractivity contribution is 0.237. The van der Waals surface area contributed by atoms with Crippen LogP contribution in [0.15, 0.2) is 30.3 Å². The molecule has 0 amide bonds. The van der Waals surface area contributed by atoms with Crippen LogP contribution in [0.5, 0.6) is 5.75 Å². The summed E-state index contributed by atoms with van der Waals surface area (Å²) >= 11 is 0. The van der Waals surface area contributed by atoms with Gasteiger partial charge in [0, 0.05) is 18.4 Å². The highest BCUT2D eigenvalue weighted by Crippen LogP contribution is 2.48. The van der Waals surface area contributed by atoms with E-state index >= 15 is 0 Å². The van der Waals surface area contributed by atoms with E-state index in [2.05, 4.69) is 29.6 Å². The Balaban J connectivity index is 1.59. The summed E-state index contributed by atoms with van der Waals surface area (Å²) < 4.78 is 5.85. The molecule has 3 rings (SSSR count). The number of nitriles is 1. The summed E-state index contributed by atoms with van der Waals surface area (Å²) in [5.74, 6) is 0.910. The highest BCUT2D eigenvalue weighted by molar-refractivity contribution is 5.67. The second-order valence-electron chi connectivity index (χ2n) is 5.83. The Kier molecular flexibility index (Phi) is 3.75. The molecule has 1 N–H and O–H groups in total. The van der Waals surface area contributed by atoms with E-state index < -0.39 is 0 Å². The fourth-order valence-corrected chi connectivity index (χ4v) is 2.60. The lowest BCUT2D eigenvalue weighted by Crippen LogP contribution is -2.19. The van der Waals surface area contributed by atoms with Gasteiger partial charge in [0.25, 0.3) is 0 Å². The van der Waals surface area contributed by atoms with E-state index in [-0.39, 0.29) is 5.41 Å². The molecule has 0 aromatic heterocycles. The summed E-state index contributed by atoms with van der Waals surface area (Å²) in [4.78, 5) is 0. The van der Waals surface area contributed by atoms with Crippen LogP contribution in [0.1, 0.15) is 31.2 Å². The van der Waals surface area contributed by atoms with Crippen LogP contribution in [-0.2, 0) is 0 Å². The van der Waals surface area contributed by atoms with Crippen LogP contribution in [0.3, 0.4) is 0 Å². The highest BCUT2D eigenvalue weighted by Gasteiger charge is 2.43. The van der Waals surface area contributed by atoms with Crippen LogP contribution < -0.4 is 10.1 Å². The maximum Gasteiger partial charge on any atom is 0.119 e. The molecule has 3 heteroatoms. The van der Waals surface area contributed by atoms with Gasteiger partial charge in [0.05, 0.1) is 12.7 Å². The van der Waals surface area contributed by atoms with Gasteiger partial charge < -0.3 is 10.1 Å². The fraction of sp³-hybridized carbons (Fsp3) is 0.471. The third-order valence-electron chi connectivity index (χ3n) is 4.25. The highest BCUT2D eigenvalue weighted by atomic mass is 16.5.